The molecule has 1 aromatic heterocycles. The Labute approximate surface area is 169 Å². The number of phenolic OH excluding ortho intramolecular Hbond substituents is 1. The van der Waals surface area contributed by atoms with E-state index in [-0.39, 0.29) is 0 Å². The number of aromatic nitrogens is 1. The van der Waals surface area contributed by atoms with Gasteiger partial charge in [-0.05, 0) is 85.7 Å². The molecule has 3 aromatic rings. The molecular formula is C26H33NO. The number of phenols is 1. The van der Waals surface area contributed by atoms with Crippen LogP contribution in [0.1, 0.15) is 55.8 Å². The molecule has 0 aliphatic heterocycles. The SMILES string of the molecule is CCCCCCc1ccc(CCCn2c(C)ccc2-c2ccc(O)cc2)cc1. The number of aromatic hydroxyl groups is 1. The van der Waals surface area contributed by atoms with E-state index in [4.69, 9.17) is 0 Å². The molecule has 0 saturated heterocycles. The van der Waals surface area contributed by atoms with Crippen LogP contribution in [0.5, 0.6) is 5.75 Å². The number of nitrogens with zero attached hydrogens (tertiary/aromatic N) is 1. The Balaban J connectivity index is 1.54. The van der Waals surface area contributed by atoms with Crippen molar-refractivity contribution >= 4 is 0 Å². The van der Waals surface area contributed by atoms with Gasteiger partial charge >= 0.3 is 0 Å². The number of benzene rings is 2. The molecule has 0 unspecified atom stereocenters. The van der Waals surface area contributed by atoms with Crippen molar-refractivity contribution in [2.45, 2.75) is 65.3 Å². The van der Waals surface area contributed by atoms with Gasteiger partial charge in [0.2, 0.25) is 0 Å². The first kappa shape index (κ1) is 20.3. The molecule has 0 fully saturated rings. The summed E-state index contributed by atoms with van der Waals surface area (Å²) in [5.74, 6) is 0.312. The largest absolute Gasteiger partial charge is 0.508 e. The topological polar surface area (TPSA) is 25.2 Å². The number of hydrogen-bond donors (Lipinski definition) is 1. The average molecular weight is 376 g/mol. The van der Waals surface area contributed by atoms with Crippen molar-refractivity contribution in [2.75, 3.05) is 0 Å². The lowest BCUT2D eigenvalue weighted by molar-refractivity contribution is 0.475. The maximum absolute atomic E-state index is 9.53. The van der Waals surface area contributed by atoms with Crippen molar-refractivity contribution in [1.29, 1.82) is 0 Å². The van der Waals surface area contributed by atoms with Crippen molar-refractivity contribution in [3.8, 4) is 17.0 Å². The number of aryl methyl sites for hydroxylation is 3. The first-order valence-electron chi connectivity index (χ1n) is 10.7. The molecule has 0 bridgehead atoms. The summed E-state index contributed by atoms with van der Waals surface area (Å²) < 4.78 is 2.38. The van der Waals surface area contributed by atoms with Crippen LogP contribution in [0.4, 0.5) is 0 Å². The molecule has 0 saturated carbocycles. The lowest BCUT2D eigenvalue weighted by Crippen LogP contribution is -2.03. The predicted molar refractivity (Wildman–Crippen MR) is 119 cm³/mol. The molecule has 28 heavy (non-hydrogen) atoms. The van der Waals surface area contributed by atoms with Crippen molar-refractivity contribution in [2.24, 2.45) is 0 Å². The first-order valence-corrected chi connectivity index (χ1v) is 10.7. The number of unbranched alkanes of at least 4 members (excludes halogenated alkanes) is 3. The van der Waals surface area contributed by atoms with Crippen LogP contribution in [0.15, 0.2) is 60.7 Å². The number of hydrogen-bond acceptors (Lipinski definition) is 1. The molecule has 0 radical (unpaired) electrons. The van der Waals surface area contributed by atoms with Gasteiger partial charge in [0, 0.05) is 17.9 Å². The minimum atomic E-state index is 0.312. The first-order chi connectivity index (χ1) is 13.7. The van der Waals surface area contributed by atoms with E-state index in [1.54, 1.807) is 12.1 Å². The Kier molecular flexibility index (Phi) is 7.36. The maximum atomic E-state index is 9.53. The van der Waals surface area contributed by atoms with Gasteiger partial charge in [-0.2, -0.15) is 0 Å². The molecule has 148 valence electrons. The summed E-state index contributed by atoms with van der Waals surface area (Å²) in [4.78, 5) is 0. The molecule has 0 aliphatic carbocycles. The van der Waals surface area contributed by atoms with Gasteiger partial charge in [-0.15, -0.1) is 0 Å². The van der Waals surface area contributed by atoms with E-state index in [1.807, 2.05) is 12.1 Å². The van der Waals surface area contributed by atoms with Crippen LogP contribution >= 0.6 is 0 Å². The number of rotatable bonds is 10. The summed E-state index contributed by atoms with van der Waals surface area (Å²) in [6.07, 6.45) is 8.73. The molecule has 0 atom stereocenters. The van der Waals surface area contributed by atoms with Crippen molar-refractivity contribution in [3.05, 3.63) is 77.5 Å². The van der Waals surface area contributed by atoms with E-state index in [1.165, 1.54) is 54.6 Å². The Bertz CT molecular complexity index is 843. The van der Waals surface area contributed by atoms with E-state index in [0.717, 1.165) is 24.9 Å². The Hall–Kier alpha value is -2.48. The van der Waals surface area contributed by atoms with Gasteiger partial charge in [0.05, 0.1) is 0 Å². The van der Waals surface area contributed by atoms with E-state index in [2.05, 4.69) is 54.8 Å². The smallest absolute Gasteiger partial charge is 0.115 e. The Morgan fingerprint density at radius 3 is 2.00 bits per heavy atom. The Morgan fingerprint density at radius 2 is 1.36 bits per heavy atom. The second-order valence-corrected chi connectivity index (χ2v) is 7.79. The molecule has 0 aliphatic rings. The second kappa shape index (κ2) is 10.2. The molecule has 2 heteroatoms. The minimum absolute atomic E-state index is 0.312. The quantitative estimate of drug-likeness (QED) is 0.382. The zero-order chi connectivity index (χ0) is 19.8. The van der Waals surface area contributed by atoms with Gasteiger partial charge in [0.25, 0.3) is 0 Å². The summed E-state index contributed by atoms with van der Waals surface area (Å²) in [6.45, 7) is 5.43. The standard InChI is InChI=1S/C26H33NO/c1-3-4-5-6-8-22-11-13-23(14-12-22)9-7-20-27-21(2)10-19-26(27)24-15-17-25(28)18-16-24/h10-19,28H,3-9,20H2,1-2H3. The summed E-state index contributed by atoms with van der Waals surface area (Å²) in [7, 11) is 0. The third-order valence-corrected chi connectivity index (χ3v) is 5.55. The van der Waals surface area contributed by atoms with E-state index < -0.39 is 0 Å². The maximum Gasteiger partial charge on any atom is 0.115 e. The van der Waals surface area contributed by atoms with Crippen molar-refractivity contribution in [1.82, 2.24) is 4.57 Å². The van der Waals surface area contributed by atoms with E-state index >= 15 is 0 Å². The fourth-order valence-corrected chi connectivity index (χ4v) is 3.82. The van der Waals surface area contributed by atoms with Gasteiger partial charge in [0.15, 0.2) is 0 Å². The molecule has 3 rings (SSSR count). The zero-order valence-electron chi connectivity index (χ0n) is 17.3. The molecule has 1 heterocycles. The normalized spacial score (nSPS) is 11.1. The van der Waals surface area contributed by atoms with Gasteiger partial charge in [-0.1, -0.05) is 50.5 Å². The van der Waals surface area contributed by atoms with Gasteiger partial charge in [-0.25, -0.2) is 0 Å². The minimum Gasteiger partial charge on any atom is -0.508 e. The summed E-state index contributed by atoms with van der Waals surface area (Å²) in [5.41, 5.74) is 6.55. The summed E-state index contributed by atoms with van der Waals surface area (Å²) in [5, 5.41) is 9.53. The van der Waals surface area contributed by atoms with Crippen LogP contribution in [0.2, 0.25) is 0 Å². The van der Waals surface area contributed by atoms with Crippen LogP contribution in [0.3, 0.4) is 0 Å². The van der Waals surface area contributed by atoms with Crippen LogP contribution < -0.4 is 0 Å². The third kappa shape index (κ3) is 5.51. The lowest BCUT2D eigenvalue weighted by Gasteiger charge is -2.12. The van der Waals surface area contributed by atoms with Crippen LogP contribution in [-0.2, 0) is 19.4 Å². The van der Waals surface area contributed by atoms with Crippen LogP contribution in [0.25, 0.3) is 11.3 Å². The molecular weight excluding hydrogens is 342 g/mol. The van der Waals surface area contributed by atoms with Crippen molar-refractivity contribution in [3.63, 3.8) is 0 Å². The van der Waals surface area contributed by atoms with Gasteiger partial charge < -0.3 is 9.67 Å². The molecule has 1 N–H and O–H groups in total. The highest BCUT2D eigenvalue weighted by Gasteiger charge is 2.07. The van der Waals surface area contributed by atoms with Gasteiger partial charge in [-0.3, -0.25) is 0 Å². The predicted octanol–water partition coefficient (Wildman–Crippen LogP) is 6.92. The van der Waals surface area contributed by atoms with Crippen molar-refractivity contribution < 1.29 is 5.11 Å². The van der Waals surface area contributed by atoms with E-state index in [0.29, 0.717) is 5.75 Å². The van der Waals surface area contributed by atoms with E-state index in [9.17, 15) is 5.11 Å². The fourth-order valence-electron chi connectivity index (χ4n) is 3.82. The summed E-state index contributed by atoms with van der Waals surface area (Å²) >= 11 is 0. The fraction of sp³-hybridized carbons (Fsp3) is 0.385. The molecule has 0 spiro atoms. The highest BCUT2D eigenvalue weighted by Crippen LogP contribution is 2.25. The third-order valence-electron chi connectivity index (χ3n) is 5.55. The zero-order valence-corrected chi connectivity index (χ0v) is 17.3. The molecule has 2 aromatic carbocycles. The lowest BCUT2D eigenvalue weighted by atomic mass is 10.0. The van der Waals surface area contributed by atoms with Crippen LogP contribution in [-0.4, -0.2) is 9.67 Å². The second-order valence-electron chi connectivity index (χ2n) is 7.79. The summed E-state index contributed by atoms with van der Waals surface area (Å²) in [6, 6.07) is 21.1. The highest BCUT2D eigenvalue weighted by atomic mass is 16.3. The molecule has 2 nitrogen and oxygen atoms in total. The van der Waals surface area contributed by atoms with Gasteiger partial charge in [0.1, 0.15) is 5.75 Å². The average Bonchev–Trinajstić information content (AvgIpc) is 3.08. The van der Waals surface area contributed by atoms with Crippen LogP contribution in [0, 0.1) is 6.92 Å². The monoisotopic (exact) mass is 375 g/mol. The molecule has 0 amide bonds. The highest BCUT2D eigenvalue weighted by molar-refractivity contribution is 5.61. The Morgan fingerprint density at radius 1 is 0.714 bits per heavy atom.